The van der Waals surface area contributed by atoms with E-state index in [2.05, 4.69) is 28.5 Å². The molecular formula is C12H18N4OS. The molecule has 2 aromatic rings. The van der Waals surface area contributed by atoms with Crippen molar-refractivity contribution in [1.82, 2.24) is 19.2 Å². The Morgan fingerprint density at radius 1 is 1.56 bits per heavy atom. The first-order chi connectivity index (χ1) is 8.63. The number of nitrogens with one attached hydrogen (secondary N) is 1. The van der Waals surface area contributed by atoms with Gasteiger partial charge in [-0.05, 0) is 31.8 Å². The standard InChI is InChI=1S/C12H18N4OS/c1-4-8(2)13-5-6-16-7-14-11-10(12(16)17)9(3)15-18-11/h7-8,13H,4-6H2,1-3H3. The maximum atomic E-state index is 12.2. The predicted octanol–water partition coefficient (Wildman–Crippen LogP) is 1.55. The van der Waals surface area contributed by atoms with Gasteiger partial charge in [0.05, 0.1) is 17.4 Å². The second-order valence-corrected chi connectivity index (χ2v) is 5.21. The van der Waals surface area contributed by atoms with Crippen LogP contribution in [-0.4, -0.2) is 26.5 Å². The van der Waals surface area contributed by atoms with Gasteiger partial charge in [0.15, 0.2) is 4.83 Å². The van der Waals surface area contributed by atoms with Crippen molar-refractivity contribution in [2.75, 3.05) is 6.54 Å². The van der Waals surface area contributed by atoms with Crippen molar-refractivity contribution in [2.24, 2.45) is 0 Å². The van der Waals surface area contributed by atoms with E-state index in [1.165, 1.54) is 11.5 Å². The molecule has 0 saturated carbocycles. The number of hydrogen-bond donors (Lipinski definition) is 1. The monoisotopic (exact) mass is 266 g/mol. The third-order valence-electron chi connectivity index (χ3n) is 3.09. The van der Waals surface area contributed by atoms with Crippen LogP contribution in [0.5, 0.6) is 0 Å². The highest BCUT2D eigenvalue weighted by molar-refractivity contribution is 7.12. The zero-order valence-corrected chi connectivity index (χ0v) is 11.8. The molecule has 0 radical (unpaired) electrons. The fourth-order valence-electron chi connectivity index (χ4n) is 1.75. The number of aryl methyl sites for hydroxylation is 1. The van der Waals surface area contributed by atoms with E-state index in [0.29, 0.717) is 18.0 Å². The van der Waals surface area contributed by atoms with Gasteiger partial charge in [0, 0.05) is 19.1 Å². The second kappa shape index (κ2) is 5.58. The Bertz CT molecular complexity index is 589. The fraction of sp³-hybridized carbons (Fsp3) is 0.583. The quantitative estimate of drug-likeness (QED) is 0.892. The Morgan fingerprint density at radius 2 is 2.33 bits per heavy atom. The molecule has 1 unspecified atom stereocenters. The minimum absolute atomic E-state index is 0.0113. The lowest BCUT2D eigenvalue weighted by molar-refractivity contribution is 0.499. The lowest BCUT2D eigenvalue weighted by atomic mass is 10.2. The largest absolute Gasteiger partial charge is 0.312 e. The Kier molecular flexibility index (Phi) is 4.08. The predicted molar refractivity (Wildman–Crippen MR) is 74.2 cm³/mol. The summed E-state index contributed by atoms with van der Waals surface area (Å²) < 4.78 is 5.82. The summed E-state index contributed by atoms with van der Waals surface area (Å²) in [5, 5.41) is 4.02. The number of hydrogen-bond acceptors (Lipinski definition) is 5. The van der Waals surface area contributed by atoms with Gasteiger partial charge in [0.2, 0.25) is 0 Å². The molecule has 0 aliphatic rings. The van der Waals surface area contributed by atoms with Gasteiger partial charge in [-0.15, -0.1) is 0 Å². The van der Waals surface area contributed by atoms with Crippen molar-refractivity contribution in [3.05, 3.63) is 22.4 Å². The van der Waals surface area contributed by atoms with Crippen LogP contribution < -0.4 is 10.9 Å². The summed E-state index contributed by atoms with van der Waals surface area (Å²) in [6.07, 6.45) is 2.69. The summed E-state index contributed by atoms with van der Waals surface area (Å²) in [5.41, 5.74) is 0.786. The molecule has 2 aromatic heterocycles. The smallest absolute Gasteiger partial charge is 0.264 e. The van der Waals surface area contributed by atoms with Gasteiger partial charge < -0.3 is 5.32 Å². The molecular weight excluding hydrogens is 248 g/mol. The highest BCUT2D eigenvalue weighted by atomic mass is 32.1. The summed E-state index contributed by atoms with van der Waals surface area (Å²) in [7, 11) is 0. The first kappa shape index (κ1) is 13.2. The minimum Gasteiger partial charge on any atom is -0.312 e. The lowest BCUT2D eigenvalue weighted by Crippen LogP contribution is -2.32. The Labute approximate surface area is 110 Å². The number of nitrogens with zero attached hydrogens (tertiary/aromatic N) is 3. The minimum atomic E-state index is 0.0113. The maximum absolute atomic E-state index is 12.2. The average Bonchev–Trinajstić information content (AvgIpc) is 2.74. The van der Waals surface area contributed by atoms with Crippen LogP contribution in [0, 0.1) is 6.92 Å². The summed E-state index contributed by atoms with van der Waals surface area (Å²) in [6.45, 7) is 7.54. The highest BCUT2D eigenvalue weighted by Gasteiger charge is 2.09. The summed E-state index contributed by atoms with van der Waals surface area (Å²) in [6, 6.07) is 0.474. The van der Waals surface area contributed by atoms with E-state index in [0.717, 1.165) is 23.5 Å². The molecule has 1 atom stereocenters. The van der Waals surface area contributed by atoms with Gasteiger partial charge in [-0.2, -0.15) is 4.37 Å². The molecule has 0 aliphatic carbocycles. The lowest BCUT2D eigenvalue weighted by Gasteiger charge is -2.11. The zero-order chi connectivity index (χ0) is 13.1. The molecule has 0 spiro atoms. The zero-order valence-electron chi connectivity index (χ0n) is 10.9. The van der Waals surface area contributed by atoms with Gasteiger partial charge in [0.25, 0.3) is 5.56 Å². The number of rotatable bonds is 5. The van der Waals surface area contributed by atoms with Crippen LogP contribution in [0.3, 0.4) is 0 Å². The molecule has 0 fully saturated rings. The van der Waals surface area contributed by atoms with E-state index in [1.54, 1.807) is 10.9 Å². The maximum Gasteiger partial charge on any atom is 0.264 e. The Balaban J connectivity index is 2.16. The number of aromatic nitrogens is 3. The molecule has 2 rings (SSSR count). The van der Waals surface area contributed by atoms with E-state index in [-0.39, 0.29) is 5.56 Å². The van der Waals surface area contributed by atoms with Crippen molar-refractivity contribution < 1.29 is 0 Å². The summed E-state index contributed by atoms with van der Waals surface area (Å²) >= 11 is 1.28. The third kappa shape index (κ3) is 2.59. The van der Waals surface area contributed by atoms with E-state index >= 15 is 0 Å². The van der Waals surface area contributed by atoms with E-state index in [1.807, 2.05) is 6.92 Å². The molecule has 98 valence electrons. The van der Waals surface area contributed by atoms with Crippen molar-refractivity contribution >= 4 is 21.7 Å². The molecule has 5 nitrogen and oxygen atoms in total. The molecule has 6 heteroatoms. The van der Waals surface area contributed by atoms with E-state index in [9.17, 15) is 4.79 Å². The van der Waals surface area contributed by atoms with Crippen molar-refractivity contribution in [1.29, 1.82) is 0 Å². The highest BCUT2D eigenvalue weighted by Crippen LogP contribution is 2.14. The van der Waals surface area contributed by atoms with Crippen LogP contribution >= 0.6 is 11.5 Å². The SMILES string of the molecule is CCC(C)NCCn1cnc2snc(C)c2c1=O. The van der Waals surface area contributed by atoms with Crippen LogP contribution in [0.2, 0.25) is 0 Å². The molecule has 0 saturated heterocycles. The van der Waals surface area contributed by atoms with Crippen LogP contribution in [0.1, 0.15) is 26.0 Å². The first-order valence-corrected chi connectivity index (χ1v) is 6.95. The number of fused-ring (bicyclic) bond motifs is 1. The first-order valence-electron chi connectivity index (χ1n) is 6.18. The van der Waals surface area contributed by atoms with Gasteiger partial charge in [-0.3, -0.25) is 9.36 Å². The van der Waals surface area contributed by atoms with E-state index in [4.69, 9.17) is 0 Å². The van der Waals surface area contributed by atoms with Crippen LogP contribution in [-0.2, 0) is 6.54 Å². The molecule has 0 amide bonds. The molecule has 0 aromatic carbocycles. The van der Waals surface area contributed by atoms with Crippen molar-refractivity contribution in [2.45, 2.75) is 39.8 Å². The second-order valence-electron chi connectivity index (χ2n) is 4.45. The van der Waals surface area contributed by atoms with Crippen molar-refractivity contribution in [3.8, 4) is 0 Å². The van der Waals surface area contributed by atoms with Crippen LogP contribution in [0.4, 0.5) is 0 Å². The van der Waals surface area contributed by atoms with E-state index < -0.39 is 0 Å². The topological polar surface area (TPSA) is 59.8 Å². The van der Waals surface area contributed by atoms with Gasteiger partial charge in [-0.1, -0.05) is 6.92 Å². The van der Waals surface area contributed by atoms with Gasteiger partial charge >= 0.3 is 0 Å². The fourth-order valence-corrected chi connectivity index (χ4v) is 2.48. The Morgan fingerprint density at radius 3 is 3.06 bits per heavy atom. The Hall–Kier alpha value is -1.27. The van der Waals surface area contributed by atoms with Gasteiger partial charge in [-0.25, -0.2) is 4.98 Å². The average molecular weight is 266 g/mol. The molecule has 1 N–H and O–H groups in total. The molecule has 0 bridgehead atoms. The van der Waals surface area contributed by atoms with Crippen molar-refractivity contribution in [3.63, 3.8) is 0 Å². The third-order valence-corrected chi connectivity index (χ3v) is 3.94. The van der Waals surface area contributed by atoms with Crippen LogP contribution in [0.15, 0.2) is 11.1 Å². The van der Waals surface area contributed by atoms with Crippen LogP contribution in [0.25, 0.3) is 10.2 Å². The molecule has 18 heavy (non-hydrogen) atoms. The normalized spacial score (nSPS) is 13.1. The molecule has 2 heterocycles. The molecule has 0 aliphatic heterocycles. The summed E-state index contributed by atoms with van der Waals surface area (Å²) in [4.78, 5) is 17.2. The van der Waals surface area contributed by atoms with Gasteiger partial charge in [0.1, 0.15) is 0 Å². The summed E-state index contributed by atoms with van der Waals surface area (Å²) in [5.74, 6) is 0.